The van der Waals surface area contributed by atoms with Crippen molar-refractivity contribution in [2.45, 2.75) is 12.4 Å². The highest BCUT2D eigenvalue weighted by atomic mass is 19.4. The number of ether oxygens (including phenoxy) is 1. The number of benzene rings is 2. The van der Waals surface area contributed by atoms with Crippen LogP contribution in [-0.2, 0) is 17.1 Å². The summed E-state index contributed by atoms with van der Waals surface area (Å²) in [5, 5.41) is 29.5. The molecule has 0 aliphatic rings. The summed E-state index contributed by atoms with van der Waals surface area (Å²) in [4.78, 5) is 40.3. The molecule has 0 unspecified atom stereocenters. The van der Waals surface area contributed by atoms with Gasteiger partial charge in [-0.15, -0.1) is 0 Å². The number of carboxylic acid groups (broad SMARTS) is 1. The number of esters is 1. The van der Waals surface area contributed by atoms with Crippen molar-refractivity contribution in [2.75, 3.05) is 7.11 Å². The van der Waals surface area contributed by atoms with Crippen LogP contribution in [0.4, 0.5) is 37.7 Å². The van der Waals surface area contributed by atoms with E-state index in [1.54, 1.807) is 0 Å². The molecule has 10 nitrogen and oxygen atoms in total. The molecule has 0 spiro atoms. The third kappa shape index (κ3) is 6.88. The lowest BCUT2D eigenvalue weighted by Crippen LogP contribution is -2.10. The Hall–Kier alpha value is -4.24. The minimum atomic E-state index is -4.75. The van der Waals surface area contributed by atoms with Gasteiger partial charge in [0.2, 0.25) is 0 Å². The minimum absolute atomic E-state index is 0.198. The molecule has 178 valence electrons. The SMILES string of the molecule is COC(=O)c1ccc(C(F)(F)F)cc1[N+](=O)[O-].O=C(O)c1ccc(C(F)(F)F)cc1[N+](=O)[O-]. The van der Waals surface area contributed by atoms with Crippen LogP contribution in [0.3, 0.4) is 0 Å². The highest BCUT2D eigenvalue weighted by molar-refractivity contribution is 5.94. The van der Waals surface area contributed by atoms with E-state index in [1.165, 1.54) is 0 Å². The summed E-state index contributed by atoms with van der Waals surface area (Å²) in [6.45, 7) is 0. The number of carboxylic acids is 1. The van der Waals surface area contributed by atoms with Crippen molar-refractivity contribution in [3.63, 3.8) is 0 Å². The second kappa shape index (κ2) is 9.92. The summed E-state index contributed by atoms with van der Waals surface area (Å²) in [6, 6.07) is 2.83. The van der Waals surface area contributed by atoms with Gasteiger partial charge in [-0.25, -0.2) is 9.59 Å². The first kappa shape index (κ1) is 26.8. The van der Waals surface area contributed by atoms with Gasteiger partial charge in [0.1, 0.15) is 11.1 Å². The van der Waals surface area contributed by atoms with E-state index in [0.717, 1.165) is 7.11 Å². The molecule has 2 aromatic rings. The molecule has 0 radical (unpaired) electrons. The van der Waals surface area contributed by atoms with Crippen LogP contribution in [0.15, 0.2) is 36.4 Å². The van der Waals surface area contributed by atoms with E-state index in [2.05, 4.69) is 4.74 Å². The van der Waals surface area contributed by atoms with Crippen LogP contribution in [-0.4, -0.2) is 34.0 Å². The maximum absolute atomic E-state index is 12.3. The molecule has 2 aromatic carbocycles. The topological polar surface area (TPSA) is 150 Å². The van der Waals surface area contributed by atoms with Gasteiger partial charge in [0.25, 0.3) is 11.4 Å². The van der Waals surface area contributed by atoms with Gasteiger partial charge in [-0.2, -0.15) is 26.3 Å². The molecule has 0 heterocycles. The van der Waals surface area contributed by atoms with Crippen LogP contribution < -0.4 is 0 Å². The number of nitro benzene ring substituents is 2. The second-order valence-corrected chi connectivity index (χ2v) is 5.77. The Bertz CT molecular complexity index is 1100. The zero-order valence-corrected chi connectivity index (χ0v) is 15.9. The molecule has 16 heteroatoms. The number of nitro groups is 2. The normalized spacial score (nSPS) is 11.1. The largest absolute Gasteiger partial charge is 0.477 e. The maximum Gasteiger partial charge on any atom is 0.416 e. The molecular formula is C17H10F6N2O8. The molecule has 2 rings (SSSR count). The Balaban J connectivity index is 0.000000331. The van der Waals surface area contributed by atoms with E-state index in [0.29, 0.717) is 30.3 Å². The number of rotatable bonds is 4. The van der Waals surface area contributed by atoms with Crippen molar-refractivity contribution in [3.8, 4) is 0 Å². The molecule has 33 heavy (non-hydrogen) atoms. The molecule has 0 amide bonds. The Morgan fingerprint density at radius 3 is 1.48 bits per heavy atom. The minimum Gasteiger partial charge on any atom is -0.477 e. The first-order valence-corrected chi connectivity index (χ1v) is 8.03. The molecule has 0 aromatic heterocycles. The Morgan fingerprint density at radius 2 is 1.18 bits per heavy atom. The van der Waals surface area contributed by atoms with Gasteiger partial charge in [0.15, 0.2) is 0 Å². The van der Waals surface area contributed by atoms with Gasteiger partial charge in [-0.05, 0) is 24.3 Å². The summed E-state index contributed by atoms with van der Waals surface area (Å²) >= 11 is 0. The number of aromatic carboxylic acids is 1. The van der Waals surface area contributed by atoms with Crippen LogP contribution in [0, 0.1) is 20.2 Å². The molecule has 0 atom stereocenters. The quantitative estimate of drug-likeness (QED) is 0.284. The first-order chi connectivity index (χ1) is 15.0. The fourth-order valence-corrected chi connectivity index (χ4v) is 2.18. The van der Waals surface area contributed by atoms with E-state index in [1.807, 2.05) is 0 Å². The molecule has 0 aliphatic carbocycles. The Labute approximate surface area is 178 Å². The van der Waals surface area contributed by atoms with Crippen molar-refractivity contribution >= 4 is 23.3 Å². The van der Waals surface area contributed by atoms with Gasteiger partial charge in [-0.3, -0.25) is 20.2 Å². The summed E-state index contributed by atoms with van der Waals surface area (Å²) in [5.74, 6) is -2.72. The van der Waals surface area contributed by atoms with Gasteiger partial charge >= 0.3 is 24.3 Å². The molecule has 0 aliphatic heterocycles. The van der Waals surface area contributed by atoms with Crippen LogP contribution in [0.1, 0.15) is 31.8 Å². The fraction of sp³-hybridized carbons (Fsp3) is 0.176. The zero-order valence-electron chi connectivity index (χ0n) is 15.9. The average molecular weight is 484 g/mol. The smallest absolute Gasteiger partial charge is 0.416 e. The molecule has 0 saturated carbocycles. The lowest BCUT2D eigenvalue weighted by molar-refractivity contribution is -0.385. The van der Waals surface area contributed by atoms with Crippen molar-refractivity contribution in [2.24, 2.45) is 0 Å². The summed E-state index contributed by atoms with van der Waals surface area (Å²) in [7, 11) is 0.976. The fourth-order valence-electron chi connectivity index (χ4n) is 2.18. The van der Waals surface area contributed by atoms with Crippen molar-refractivity contribution in [3.05, 3.63) is 78.9 Å². The molecule has 1 N–H and O–H groups in total. The molecule has 0 bridgehead atoms. The van der Waals surface area contributed by atoms with E-state index in [-0.39, 0.29) is 6.07 Å². The Morgan fingerprint density at radius 1 is 0.818 bits per heavy atom. The van der Waals surface area contributed by atoms with Gasteiger partial charge in [-0.1, -0.05) is 0 Å². The highest BCUT2D eigenvalue weighted by Crippen LogP contribution is 2.34. The van der Waals surface area contributed by atoms with E-state index >= 15 is 0 Å². The van der Waals surface area contributed by atoms with Crippen molar-refractivity contribution in [1.29, 1.82) is 0 Å². The predicted molar refractivity (Wildman–Crippen MR) is 94.5 cm³/mol. The lowest BCUT2D eigenvalue weighted by atomic mass is 10.1. The summed E-state index contributed by atoms with van der Waals surface area (Å²) in [5.41, 5.74) is -5.78. The number of carbonyl (C=O) groups excluding carboxylic acids is 1. The van der Waals surface area contributed by atoms with Crippen LogP contribution >= 0.6 is 0 Å². The summed E-state index contributed by atoms with van der Waals surface area (Å²) in [6.07, 6.45) is -9.46. The second-order valence-electron chi connectivity index (χ2n) is 5.77. The molecule has 0 saturated heterocycles. The van der Waals surface area contributed by atoms with Gasteiger partial charge in [0, 0.05) is 12.1 Å². The lowest BCUT2D eigenvalue weighted by Gasteiger charge is -2.07. The maximum atomic E-state index is 12.3. The van der Waals surface area contributed by atoms with E-state index in [9.17, 15) is 56.2 Å². The van der Waals surface area contributed by atoms with Gasteiger partial charge in [0.05, 0.1) is 28.1 Å². The third-order valence-corrected chi connectivity index (χ3v) is 3.68. The number of carbonyl (C=O) groups is 2. The Kier molecular flexibility index (Phi) is 8.06. The number of hydrogen-bond acceptors (Lipinski definition) is 7. The number of hydrogen-bond donors (Lipinski definition) is 1. The number of halogens is 6. The van der Waals surface area contributed by atoms with Crippen molar-refractivity contribution in [1.82, 2.24) is 0 Å². The van der Waals surface area contributed by atoms with Crippen LogP contribution in [0.2, 0.25) is 0 Å². The number of alkyl halides is 6. The predicted octanol–water partition coefficient (Wildman–Crippen LogP) is 4.71. The van der Waals surface area contributed by atoms with Crippen molar-refractivity contribution < 1.29 is 55.6 Å². The van der Waals surface area contributed by atoms with Gasteiger partial charge < -0.3 is 9.84 Å². The monoisotopic (exact) mass is 484 g/mol. The van der Waals surface area contributed by atoms with Crippen LogP contribution in [0.25, 0.3) is 0 Å². The number of methoxy groups -OCH3 is 1. The van der Waals surface area contributed by atoms with E-state index < -0.39 is 67.8 Å². The molecular weight excluding hydrogens is 474 g/mol. The zero-order chi connectivity index (χ0) is 25.7. The first-order valence-electron chi connectivity index (χ1n) is 8.03. The third-order valence-electron chi connectivity index (χ3n) is 3.68. The molecule has 0 fully saturated rings. The number of nitrogens with zero attached hydrogens (tertiary/aromatic N) is 2. The highest BCUT2D eigenvalue weighted by Gasteiger charge is 2.35. The van der Waals surface area contributed by atoms with E-state index in [4.69, 9.17) is 5.11 Å². The van der Waals surface area contributed by atoms with Crippen LogP contribution in [0.5, 0.6) is 0 Å². The standard InChI is InChI=1S/C9H6F3NO4.C8H4F3NO4/c1-17-8(14)6-3-2-5(9(10,11)12)4-7(6)13(15)16;9-8(10,11)4-1-2-5(7(13)14)6(3-4)12(15)16/h2-4H,1H3;1-3H,(H,13,14). The average Bonchev–Trinajstić information content (AvgIpc) is 2.71. The summed E-state index contributed by atoms with van der Waals surface area (Å²) < 4.78 is 77.7.